The van der Waals surface area contributed by atoms with Gasteiger partial charge in [-0.3, -0.25) is 4.79 Å². The molecule has 0 fully saturated rings. The Morgan fingerprint density at radius 2 is 2.19 bits per heavy atom. The molecule has 0 radical (unpaired) electrons. The summed E-state index contributed by atoms with van der Waals surface area (Å²) in [6, 6.07) is 9.61. The van der Waals surface area contributed by atoms with E-state index in [4.69, 9.17) is 0 Å². The molecule has 3 aromatic rings. The first-order valence-corrected chi connectivity index (χ1v) is 7.27. The number of benzene rings is 1. The van der Waals surface area contributed by atoms with E-state index in [1.54, 1.807) is 6.07 Å². The molecule has 0 unspecified atom stereocenters. The van der Waals surface area contributed by atoms with Crippen LogP contribution in [0.5, 0.6) is 0 Å². The monoisotopic (exact) mass is 299 g/mol. The number of rotatable bonds is 4. The van der Waals surface area contributed by atoms with Crippen molar-refractivity contribution in [2.45, 2.75) is 6.92 Å². The number of nitrogens with zero attached hydrogens (tertiary/aromatic N) is 3. The van der Waals surface area contributed by atoms with Gasteiger partial charge in [-0.25, -0.2) is 4.98 Å². The largest absolute Gasteiger partial charge is 0.370 e. The van der Waals surface area contributed by atoms with Gasteiger partial charge >= 0.3 is 0 Å². The van der Waals surface area contributed by atoms with Crippen molar-refractivity contribution >= 4 is 39.0 Å². The molecule has 0 spiro atoms. The standard InChI is InChI=1S/C14H13N5OS/c1-2-15-13-10-6-4-3-5-9(10)7-11(17-13)14(20)18-12-8-16-19-21-12/h3-8H,2H2,1H3,(H,15,17)(H,18,20). The summed E-state index contributed by atoms with van der Waals surface area (Å²) < 4.78 is 3.71. The van der Waals surface area contributed by atoms with Gasteiger partial charge in [-0.05, 0) is 18.4 Å². The molecule has 6 nitrogen and oxygen atoms in total. The number of fused-ring (bicyclic) bond motifs is 1. The van der Waals surface area contributed by atoms with Gasteiger partial charge in [-0.1, -0.05) is 28.8 Å². The lowest BCUT2D eigenvalue weighted by Gasteiger charge is -2.09. The molecule has 2 aromatic heterocycles. The molecule has 1 aromatic carbocycles. The fourth-order valence-corrected chi connectivity index (χ4v) is 2.43. The maximum absolute atomic E-state index is 12.3. The van der Waals surface area contributed by atoms with Crippen molar-refractivity contribution in [2.75, 3.05) is 17.2 Å². The summed E-state index contributed by atoms with van der Waals surface area (Å²) in [5.74, 6) is 0.439. The van der Waals surface area contributed by atoms with E-state index in [1.807, 2.05) is 31.2 Å². The molecule has 106 valence electrons. The highest BCUT2D eigenvalue weighted by molar-refractivity contribution is 7.10. The van der Waals surface area contributed by atoms with E-state index in [1.165, 1.54) is 6.20 Å². The van der Waals surface area contributed by atoms with Crippen molar-refractivity contribution in [1.29, 1.82) is 0 Å². The van der Waals surface area contributed by atoms with E-state index < -0.39 is 0 Å². The predicted octanol–water partition coefficient (Wildman–Crippen LogP) is 2.77. The number of carbonyl (C=O) groups excluding carboxylic acids is 1. The van der Waals surface area contributed by atoms with Gasteiger partial charge < -0.3 is 10.6 Å². The minimum absolute atomic E-state index is 0.272. The number of amides is 1. The zero-order valence-corrected chi connectivity index (χ0v) is 12.1. The van der Waals surface area contributed by atoms with Crippen LogP contribution >= 0.6 is 11.5 Å². The molecule has 0 saturated heterocycles. The molecule has 0 bridgehead atoms. The lowest BCUT2D eigenvalue weighted by Crippen LogP contribution is -2.14. The Kier molecular flexibility index (Phi) is 3.74. The Bertz CT molecular complexity index is 772. The number of anilines is 2. The van der Waals surface area contributed by atoms with E-state index >= 15 is 0 Å². The lowest BCUT2D eigenvalue weighted by molar-refractivity contribution is 0.102. The Morgan fingerprint density at radius 3 is 2.95 bits per heavy atom. The summed E-state index contributed by atoms with van der Waals surface area (Å²) in [6.45, 7) is 2.73. The number of aromatic nitrogens is 3. The molecule has 0 aliphatic heterocycles. The Hall–Kier alpha value is -2.54. The third-order valence-corrected chi connectivity index (χ3v) is 3.50. The van der Waals surface area contributed by atoms with E-state index in [2.05, 4.69) is 25.2 Å². The van der Waals surface area contributed by atoms with Crippen molar-refractivity contribution in [1.82, 2.24) is 14.6 Å². The van der Waals surface area contributed by atoms with Crippen LogP contribution in [0.4, 0.5) is 10.8 Å². The number of nitrogens with one attached hydrogen (secondary N) is 2. The third-order valence-electron chi connectivity index (χ3n) is 2.92. The summed E-state index contributed by atoms with van der Waals surface area (Å²) in [7, 11) is 0. The van der Waals surface area contributed by atoms with Gasteiger partial charge in [0, 0.05) is 23.5 Å². The van der Waals surface area contributed by atoms with Crippen LogP contribution in [0.15, 0.2) is 36.5 Å². The van der Waals surface area contributed by atoms with Crippen molar-refractivity contribution in [3.05, 3.63) is 42.2 Å². The highest BCUT2D eigenvalue weighted by Crippen LogP contribution is 2.23. The fraction of sp³-hybridized carbons (Fsp3) is 0.143. The fourth-order valence-electron chi connectivity index (χ4n) is 2.02. The zero-order valence-electron chi connectivity index (χ0n) is 11.3. The molecule has 21 heavy (non-hydrogen) atoms. The normalized spacial score (nSPS) is 10.5. The first kappa shape index (κ1) is 13.4. The van der Waals surface area contributed by atoms with Crippen molar-refractivity contribution in [3.8, 4) is 0 Å². The number of hydrogen-bond acceptors (Lipinski definition) is 6. The molecule has 1 amide bonds. The zero-order chi connectivity index (χ0) is 14.7. The van der Waals surface area contributed by atoms with E-state index in [-0.39, 0.29) is 5.91 Å². The van der Waals surface area contributed by atoms with Crippen LogP contribution in [0.2, 0.25) is 0 Å². The molecule has 3 rings (SSSR count). The molecule has 0 aliphatic rings. The molecular weight excluding hydrogens is 286 g/mol. The van der Waals surface area contributed by atoms with Gasteiger partial charge in [0.2, 0.25) is 0 Å². The lowest BCUT2D eigenvalue weighted by atomic mass is 10.1. The second-order valence-electron chi connectivity index (χ2n) is 4.34. The maximum Gasteiger partial charge on any atom is 0.275 e. The van der Waals surface area contributed by atoms with Crippen molar-refractivity contribution in [3.63, 3.8) is 0 Å². The van der Waals surface area contributed by atoms with E-state index in [0.717, 1.165) is 28.8 Å². The highest BCUT2D eigenvalue weighted by Gasteiger charge is 2.12. The first-order chi connectivity index (χ1) is 10.3. The molecule has 0 saturated carbocycles. The van der Waals surface area contributed by atoms with Gasteiger partial charge in [0.15, 0.2) is 0 Å². The Balaban J connectivity index is 2.00. The quantitative estimate of drug-likeness (QED) is 0.774. The van der Waals surface area contributed by atoms with Crippen LogP contribution in [0, 0.1) is 0 Å². The summed E-state index contributed by atoms with van der Waals surface area (Å²) in [5, 5.41) is 12.2. The minimum Gasteiger partial charge on any atom is -0.370 e. The van der Waals surface area contributed by atoms with E-state index in [0.29, 0.717) is 16.5 Å². The molecule has 2 heterocycles. The van der Waals surface area contributed by atoms with Gasteiger partial charge in [-0.2, -0.15) is 0 Å². The minimum atomic E-state index is -0.272. The molecule has 7 heteroatoms. The third kappa shape index (κ3) is 2.82. The van der Waals surface area contributed by atoms with Crippen LogP contribution in [0.25, 0.3) is 10.8 Å². The van der Waals surface area contributed by atoms with Gasteiger partial charge in [0.25, 0.3) is 5.91 Å². The van der Waals surface area contributed by atoms with Crippen LogP contribution in [0.3, 0.4) is 0 Å². The van der Waals surface area contributed by atoms with Gasteiger partial charge in [-0.15, -0.1) is 5.10 Å². The summed E-state index contributed by atoms with van der Waals surface area (Å²) >= 11 is 1.13. The van der Waals surface area contributed by atoms with Gasteiger partial charge in [0.1, 0.15) is 16.5 Å². The predicted molar refractivity (Wildman–Crippen MR) is 83.8 cm³/mol. The van der Waals surface area contributed by atoms with Crippen LogP contribution in [-0.2, 0) is 0 Å². The SMILES string of the molecule is CCNc1nc(C(=O)Nc2cnns2)cc2ccccc12. The Labute approximate surface area is 125 Å². The topological polar surface area (TPSA) is 79.8 Å². The second kappa shape index (κ2) is 5.84. The Morgan fingerprint density at radius 1 is 1.33 bits per heavy atom. The van der Waals surface area contributed by atoms with Crippen molar-refractivity contribution in [2.24, 2.45) is 0 Å². The summed E-state index contributed by atoms with van der Waals surface area (Å²) in [5.41, 5.74) is 0.359. The first-order valence-electron chi connectivity index (χ1n) is 6.50. The molecule has 0 aliphatic carbocycles. The summed E-state index contributed by atoms with van der Waals surface area (Å²) in [6.07, 6.45) is 1.51. The maximum atomic E-state index is 12.3. The molecular formula is C14H13N5OS. The summed E-state index contributed by atoms with van der Waals surface area (Å²) in [4.78, 5) is 16.7. The smallest absolute Gasteiger partial charge is 0.275 e. The van der Waals surface area contributed by atoms with E-state index in [9.17, 15) is 4.79 Å². The van der Waals surface area contributed by atoms with Crippen LogP contribution in [-0.4, -0.2) is 27.0 Å². The number of carbonyl (C=O) groups is 1. The van der Waals surface area contributed by atoms with Crippen LogP contribution < -0.4 is 10.6 Å². The number of pyridine rings is 1. The average Bonchev–Trinajstić information content (AvgIpc) is 3.00. The second-order valence-corrected chi connectivity index (χ2v) is 5.13. The molecule has 2 N–H and O–H groups in total. The average molecular weight is 299 g/mol. The van der Waals surface area contributed by atoms with Gasteiger partial charge in [0.05, 0.1) is 6.20 Å². The number of hydrogen-bond donors (Lipinski definition) is 2. The molecule has 0 atom stereocenters. The van der Waals surface area contributed by atoms with Crippen LogP contribution in [0.1, 0.15) is 17.4 Å². The van der Waals surface area contributed by atoms with Crippen molar-refractivity contribution < 1.29 is 4.79 Å². The highest BCUT2D eigenvalue weighted by atomic mass is 32.1.